The molecule has 2 aliphatic rings. The minimum absolute atomic E-state index is 0. The van der Waals surface area contributed by atoms with E-state index in [0.29, 0.717) is 0 Å². The standard InChI is InChI=1S/C16H13FN.C16H14N.2C15H10N.C13H9N2.C11H8N.6Ir/c1-16(2)13-8-3-4-9-14(13)18-15(16)11-6-5-7-12(17)10-11;1-16(2)13-10-6-7-11-14(13)17-15(16)12-8-4-3-5-9-12;1-2-7-13(8-3-1)15-14-9-5-4-6-12(14)10-11-16-15;1-2-6-12(7-3-1)15-10-13-8-4-5-9-14(13)11-16-15;1-2-7-12(8-3-1)15-13-9-5-4-6-11(13)10-14-15;1-2-6-10(7-3-1)11-8-4-5-9-12-11;;;;;;/h3-5,7-10H,1-2H3;3-8,10-11H,1-2H3;1-7,9-11H;1-6,8-11H;1-7,9-10H;1-6,8-9H;;;;;;/q6*-1;;;;;;. The van der Waals surface area contributed by atoms with Crippen molar-refractivity contribution in [2.24, 2.45) is 9.98 Å². The molecular weight excluding hydrogens is 2300 g/mol. The molecule has 0 saturated carbocycles. The van der Waals surface area contributed by atoms with Crippen LogP contribution in [-0.4, -0.2) is 36.2 Å². The predicted molar refractivity (Wildman–Crippen MR) is 382 cm³/mol. The van der Waals surface area contributed by atoms with Crippen LogP contribution < -0.4 is 0 Å². The van der Waals surface area contributed by atoms with Gasteiger partial charge in [0.25, 0.3) is 0 Å². The number of aromatic nitrogens is 5. The maximum Gasteiger partial charge on any atom is 0.0716 e. The van der Waals surface area contributed by atoms with Crippen LogP contribution in [0.3, 0.4) is 0 Å². The smallest absolute Gasteiger partial charge is 0.0716 e. The molecule has 0 spiro atoms. The van der Waals surface area contributed by atoms with Gasteiger partial charge in [-0.05, 0) is 97.2 Å². The van der Waals surface area contributed by atoms with E-state index in [1.165, 1.54) is 44.8 Å². The fraction of sp³-hybridized carbons (Fsp3) is 0.0698. The van der Waals surface area contributed by atoms with Crippen LogP contribution in [0.25, 0.3) is 71.9 Å². The number of pyridine rings is 3. The minimum Gasteiger partial charge on any atom is -0.305 e. The molecule has 100 heavy (non-hydrogen) atoms. The number of aliphatic imine (C=N–C) groups is 2. The van der Waals surface area contributed by atoms with E-state index in [1.54, 1.807) is 12.3 Å². The number of hydrogen-bond acceptors (Lipinski definition) is 6. The first-order valence-electron chi connectivity index (χ1n) is 31.0. The van der Waals surface area contributed by atoms with Gasteiger partial charge in [-0.3, -0.25) is 14.7 Å². The summed E-state index contributed by atoms with van der Waals surface area (Å²) in [4.78, 5) is 22.5. The summed E-state index contributed by atoms with van der Waals surface area (Å²) >= 11 is 0. The number of nitrogens with zero attached hydrogens (tertiary/aromatic N) is 7. The monoisotopic (exact) mass is 2370 g/mol. The Kier molecular flexibility index (Phi) is 31.8. The third-order valence-electron chi connectivity index (χ3n) is 16.1. The third-order valence-corrected chi connectivity index (χ3v) is 16.1. The second-order valence-electron chi connectivity index (χ2n) is 23.1. The quantitative estimate of drug-likeness (QED) is 0.155. The van der Waals surface area contributed by atoms with E-state index in [4.69, 9.17) is 4.99 Å². The summed E-state index contributed by atoms with van der Waals surface area (Å²) in [5.74, 6) is -0.252. The van der Waals surface area contributed by atoms with Crippen molar-refractivity contribution in [3.05, 3.63) is 380 Å². The molecule has 15 aromatic rings. The van der Waals surface area contributed by atoms with Crippen molar-refractivity contribution in [3.63, 3.8) is 0 Å². The Bertz CT molecular complexity index is 5000. The van der Waals surface area contributed by atoms with Crippen LogP contribution in [0.4, 0.5) is 15.8 Å². The number of fused-ring (bicyclic) bond motifs is 5. The molecule has 17 rings (SSSR count). The molecule has 11 aromatic carbocycles. The number of hydrogen-bond donors (Lipinski definition) is 0. The van der Waals surface area contributed by atoms with Gasteiger partial charge in [0.15, 0.2) is 0 Å². The summed E-state index contributed by atoms with van der Waals surface area (Å²) < 4.78 is 15.2. The van der Waals surface area contributed by atoms with Crippen LogP contribution in [0, 0.1) is 42.2 Å². The minimum atomic E-state index is -0.252. The molecule has 7 nitrogen and oxygen atoms in total. The van der Waals surface area contributed by atoms with Crippen molar-refractivity contribution in [1.82, 2.24) is 24.7 Å². The van der Waals surface area contributed by atoms with E-state index in [-0.39, 0.29) is 137 Å². The third kappa shape index (κ3) is 20.0. The molecule has 6 radical (unpaired) electrons. The van der Waals surface area contributed by atoms with E-state index in [9.17, 15) is 4.39 Å². The van der Waals surface area contributed by atoms with Crippen LogP contribution in [0.15, 0.2) is 326 Å². The zero-order valence-corrected chi connectivity index (χ0v) is 68.9. The van der Waals surface area contributed by atoms with Crippen LogP contribution in [0.5, 0.6) is 0 Å². The summed E-state index contributed by atoms with van der Waals surface area (Å²) in [6.07, 6.45) is 7.41. The number of para-hydroxylation sites is 4. The molecule has 0 saturated heterocycles. The zero-order valence-electron chi connectivity index (χ0n) is 54.5. The van der Waals surface area contributed by atoms with Crippen LogP contribution in [0.2, 0.25) is 0 Å². The molecule has 0 aliphatic carbocycles. The van der Waals surface area contributed by atoms with Crippen molar-refractivity contribution < 1.29 is 125 Å². The maximum atomic E-state index is 13.3. The van der Waals surface area contributed by atoms with E-state index < -0.39 is 0 Å². The van der Waals surface area contributed by atoms with Gasteiger partial charge < -0.3 is 15.0 Å². The summed E-state index contributed by atoms with van der Waals surface area (Å²) in [6.45, 7) is 8.66. The molecule has 4 aromatic heterocycles. The Hall–Kier alpha value is -7.97. The molecule has 14 heteroatoms. The molecule has 6 heterocycles. The van der Waals surface area contributed by atoms with Gasteiger partial charge in [-0.2, -0.15) is 29.4 Å². The SMILES string of the molecule is CC1(C)C(c2[c-]ccc(F)c2)=Nc2ccccc21.CC1(C)C(c2[c-]cccc2)=Nc2ccccc21.[Ir].[Ir].[Ir].[Ir].[Ir].[Ir].[c-]1ccccc1-c1cc2ccccc2cn1.[c-]1ccccc1-c1ccccn1.[c-]1ccccc1-c1nccc2ccccc12.[c-]1ccccc1-n1ncc2ccccc21. The topological polar surface area (TPSA) is 81.2 Å². The fourth-order valence-electron chi connectivity index (χ4n) is 11.3. The van der Waals surface area contributed by atoms with Crippen molar-refractivity contribution >= 4 is 55.2 Å². The first-order valence-corrected chi connectivity index (χ1v) is 31.0. The summed E-state index contributed by atoms with van der Waals surface area (Å²) in [5.41, 5.74) is 16.2. The number of benzene rings is 11. The van der Waals surface area contributed by atoms with E-state index in [2.05, 4.69) is 162 Å². The zero-order chi connectivity index (χ0) is 64.5. The van der Waals surface area contributed by atoms with Gasteiger partial charge in [-0.25, -0.2) is 4.39 Å². The number of halogens is 1. The van der Waals surface area contributed by atoms with Gasteiger partial charge in [-0.1, -0.05) is 149 Å². The second-order valence-corrected chi connectivity index (χ2v) is 23.1. The second kappa shape index (κ2) is 39.3. The maximum absolute atomic E-state index is 13.3. The Balaban J connectivity index is 0.000000187. The van der Waals surface area contributed by atoms with Crippen LogP contribution in [0.1, 0.15) is 49.9 Å². The molecule has 0 fully saturated rings. The van der Waals surface area contributed by atoms with Crippen molar-refractivity contribution in [2.75, 3.05) is 0 Å². The summed E-state index contributed by atoms with van der Waals surface area (Å²) in [6, 6.07) is 114. The molecule has 510 valence electrons. The Morgan fingerprint density at radius 1 is 0.340 bits per heavy atom. The predicted octanol–water partition coefficient (Wildman–Crippen LogP) is 20.7. The Morgan fingerprint density at radius 3 is 1.38 bits per heavy atom. The molecule has 0 amide bonds. The summed E-state index contributed by atoms with van der Waals surface area (Å²) in [5, 5.41) is 10.3. The average molecular weight is 2370 g/mol. The van der Waals surface area contributed by atoms with Crippen molar-refractivity contribution in [1.29, 1.82) is 0 Å². The van der Waals surface area contributed by atoms with Gasteiger partial charge in [0.05, 0.1) is 23.1 Å². The largest absolute Gasteiger partial charge is 0.305 e. The molecule has 0 bridgehead atoms. The number of rotatable bonds is 6. The van der Waals surface area contributed by atoms with Gasteiger partial charge >= 0.3 is 0 Å². The average Bonchev–Trinajstić information content (AvgIpc) is 1.61. The normalized spacial score (nSPS) is 11.8. The molecular formula is C86H64FIr6N7-6. The first-order chi connectivity index (χ1) is 46.1. The molecule has 2 aliphatic heterocycles. The van der Waals surface area contributed by atoms with Gasteiger partial charge in [0, 0.05) is 161 Å². The van der Waals surface area contributed by atoms with Gasteiger partial charge in [0.1, 0.15) is 0 Å². The molecule has 0 N–H and O–H groups in total. The van der Waals surface area contributed by atoms with E-state index >= 15 is 0 Å². The summed E-state index contributed by atoms with van der Waals surface area (Å²) in [7, 11) is 0. The van der Waals surface area contributed by atoms with E-state index in [0.717, 1.165) is 84.3 Å². The van der Waals surface area contributed by atoms with E-state index in [1.807, 2.05) is 223 Å². The Morgan fingerprint density at radius 2 is 0.820 bits per heavy atom. The molecule has 0 atom stereocenters. The van der Waals surface area contributed by atoms with Crippen molar-refractivity contribution in [2.45, 2.75) is 38.5 Å². The van der Waals surface area contributed by atoms with Gasteiger partial charge in [0.2, 0.25) is 0 Å². The van der Waals surface area contributed by atoms with Crippen molar-refractivity contribution in [3.8, 4) is 39.5 Å². The van der Waals surface area contributed by atoms with Crippen LogP contribution in [-0.2, 0) is 131 Å². The fourth-order valence-corrected chi connectivity index (χ4v) is 11.3. The van der Waals surface area contributed by atoms with Crippen LogP contribution >= 0.6 is 0 Å². The van der Waals surface area contributed by atoms with Gasteiger partial charge in [-0.15, -0.1) is 179 Å². The Labute approximate surface area is 666 Å². The first kappa shape index (κ1) is 81.0. The molecule has 0 unspecified atom stereocenters.